The van der Waals surface area contributed by atoms with Crippen molar-refractivity contribution >= 4 is 29.1 Å². The van der Waals surface area contributed by atoms with Gasteiger partial charge in [-0.05, 0) is 49.2 Å². The monoisotopic (exact) mass is 474 g/mol. The van der Waals surface area contributed by atoms with Crippen molar-refractivity contribution in [3.63, 3.8) is 0 Å². The third-order valence-corrected chi connectivity index (χ3v) is 6.01. The molecule has 4 aromatic rings. The van der Waals surface area contributed by atoms with Gasteiger partial charge in [0.25, 0.3) is 11.8 Å². The maximum Gasteiger partial charge on any atom is 0.283 e. The molecule has 3 aromatic heterocycles. The average Bonchev–Trinajstić information content (AvgIpc) is 3.61. The number of rotatable bonds is 6. The topological polar surface area (TPSA) is 120 Å². The molecule has 0 spiro atoms. The van der Waals surface area contributed by atoms with Crippen molar-refractivity contribution in [3.05, 3.63) is 72.5 Å². The highest BCUT2D eigenvalue weighted by Crippen LogP contribution is 2.25. The molecule has 2 amide bonds. The standard InChI is InChI=1S/C24H23FN8O2/c1-14-20(17-11-26-27-12-17)8-10-33-21(14)30-24(31-33)29-19-7-9-32(13-19)23(35)16-3-5-18(6-4-16)28-22(34)15(2)25/h3-6,8,10-12,19H,2,7,9,13H2,1H3,(H,26,27)(H,28,34)(H,29,31)/t19-/m1/s1. The zero-order valence-electron chi connectivity index (χ0n) is 19.0. The number of nitrogens with zero attached hydrogens (tertiary/aromatic N) is 5. The molecule has 1 atom stereocenters. The summed E-state index contributed by atoms with van der Waals surface area (Å²) in [4.78, 5) is 30.7. The number of hydrogen-bond acceptors (Lipinski definition) is 6. The van der Waals surface area contributed by atoms with Gasteiger partial charge in [-0.1, -0.05) is 6.58 Å². The van der Waals surface area contributed by atoms with Gasteiger partial charge in [0.05, 0.1) is 6.20 Å². The van der Waals surface area contributed by atoms with Gasteiger partial charge in [0, 0.05) is 53.9 Å². The van der Waals surface area contributed by atoms with E-state index in [0.29, 0.717) is 30.3 Å². The second-order valence-electron chi connectivity index (χ2n) is 8.36. The lowest BCUT2D eigenvalue weighted by Gasteiger charge is -2.17. The number of halogens is 1. The van der Waals surface area contributed by atoms with Gasteiger partial charge in [-0.2, -0.15) is 10.1 Å². The first-order valence-electron chi connectivity index (χ1n) is 11.1. The third kappa shape index (κ3) is 4.47. The summed E-state index contributed by atoms with van der Waals surface area (Å²) < 4.78 is 14.6. The van der Waals surface area contributed by atoms with Gasteiger partial charge >= 0.3 is 0 Å². The Morgan fingerprint density at radius 3 is 2.74 bits per heavy atom. The highest BCUT2D eigenvalue weighted by molar-refractivity contribution is 6.02. The molecule has 4 heterocycles. The number of amides is 2. The maximum absolute atomic E-state index is 12.9. The number of aryl methyl sites for hydroxylation is 1. The summed E-state index contributed by atoms with van der Waals surface area (Å²) in [6.45, 7) is 6.05. The van der Waals surface area contributed by atoms with Gasteiger partial charge in [0.1, 0.15) is 0 Å². The number of H-pyrrole nitrogens is 1. The molecule has 0 aliphatic carbocycles. The lowest BCUT2D eigenvalue weighted by molar-refractivity contribution is -0.114. The largest absolute Gasteiger partial charge is 0.348 e. The van der Waals surface area contributed by atoms with E-state index in [9.17, 15) is 14.0 Å². The molecular formula is C24H23FN8O2. The van der Waals surface area contributed by atoms with E-state index in [-0.39, 0.29) is 11.9 Å². The SMILES string of the molecule is C=C(F)C(=O)Nc1ccc(C(=O)N2CC[C@@H](Nc3nc4c(C)c(-c5cn[nH]c5)ccn4n3)C2)cc1. The maximum atomic E-state index is 12.9. The van der Waals surface area contributed by atoms with E-state index in [4.69, 9.17) is 0 Å². The van der Waals surface area contributed by atoms with E-state index in [2.05, 4.69) is 37.5 Å². The zero-order chi connectivity index (χ0) is 24.5. The molecule has 1 aromatic carbocycles. The highest BCUT2D eigenvalue weighted by atomic mass is 19.1. The number of aromatic nitrogens is 5. The number of nitrogens with one attached hydrogen (secondary N) is 3. The second-order valence-corrected chi connectivity index (χ2v) is 8.36. The van der Waals surface area contributed by atoms with Crippen LogP contribution in [0.2, 0.25) is 0 Å². The molecular weight excluding hydrogens is 451 g/mol. The molecule has 1 saturated heterocycles. The van der Waals surface area contributed by atoms with Crippen LogP contribution in [0.5, 0.6) is 0 Å². The van der Waals surface area contributed by atoms with Crippen molar-refractivity contribution in [2.45, 2.75) is 19.4 Å². The fourth-order valence-corrected chi connectivity index (χ4v) is 4.17. The van der Waals surface area contributed by atoms with E-state index in [1.54, 1.807) is 39.9 Å². The molecule has 35 heavy (non-hydrogen) atoms. The van der Waals surface area contributed by atoms with Crippen molar-refractivity contribution < 1.29 is 14.0 Å². The molecule has 11 heteroatoms. The first-order chi connectivity index (χ1) is 16.9. The lowest BCUT2D eigenvalue weighted by Crippen LogP contribution is -2.31. The summed E-state index contributed by atoms with van der Waals surface area (Å²) in [5.41, 5.74) is 4.62. The van der Waals surface area contributed by atoms with Crippen LogP contribution in [0, 0.1) is 6.92 Å². The van der Waals surface area contributed by atoms with Crippen LogP contribution in [0.3, 0.4) is 0 Å². The molecule has 5 rings (SSSR count). The van der Waals surface area contributed by atoms with Crippen LogP contribution in [-0.2, 0) is 4.79 Å². The number of pyridine rings is 1. The van der Waals surface area contributed by atoms with E-state index in [1.807, 2.05) is 25.4 Å². The fourth-order valence-electron chi connectivity index (χ4n) is 4.17. The molecule has 1 aliphatic heterocycles. The first kappa shape index (κ1) is 22.3. The number of hydrogen-bond donors (Lipinski definition) is 3. The predicted octanol–water partition coefficient (Wildman–Crippen LogP) is 3.18. The summed E-state index contributed by atoms with van der Waals surface area (Å²) in [6.07, 6.45) is 6.22. The van der Waals surface area contributed by atoms with Crippen LogP contribution in [0.25, 0.3) is 16.8 Å². The Hall–Kier alpha value is -4.54. The first-order valence-corrected chi connectivity index (χ1v) is 11.1. The summed E-state index contributed by atoms with van der Waals surface area (Å²) in [6, 6.07) is 8.31. The Kier molecular flexibility index (Phi) is 5.73. The highest BCUT2D eigenvalue weighted by Gasteiger charge is 2.28. The van der Waals surface area contributed by atoms with Crippen molar-refractivity contribution in [2.24, 2.45) is 0 Å². The minimum absolute atomic E-state index is 0.0131. The van der Waals surface area contributed by atoms with Crippen LogP contribution < -0.4 is 10.6 Å². The van der Waals surface area contributed by atoms with Gasteiger partial charge in [-0.15, -0.1) is 5.10 Å². The smallest absolute Gasteiger partial charge is 0.283 e. The summed E-state index contributed by atoms with van der Waals surface area (Å²) in [7, 11) is 0. The van der Waals surface area contributed by atoms with Gasteiger partial charge in [0.15, 0.2) is 11.5 Å². The number of carbonyl (C=O) groups excluding carboxylic acids is 2. The fraction of sp³-hybridized carbons (Fsp3) is 0.208. The second kappa shape index (κ2) is 9.01. The minimum Gasteiger partial charge on any atom is -0.348 e. The Balaban J connectivity index is 1.23. The van der Waals surface area contributed by atoms with Crippen molar-refractivity contribution in [1.82, 2.24) is 29.7 Å². The van der Waals surface area contributed by atoms with Crippen LogP contribution >= 0.6 is 0 Å². The normalized spacial score (nSPS) is 15.4. The Morgan fingerprint density at radius 2 is 2.03 bits per heavy atom. The van der Waals surface area contributed by atoms with Gasteiger partial charge in [-0.25, -0.2) is 8.91 Å². The van der Waals surface area contributed by atoms with Crippen molar-refractivity contribution in [3.8, 4) is 11.1 Å². The lowest BCUT2D eigenvalue weighted by atomic mass is 10.1. The zero-order valence-corrected chi connectivity index (χ0v) is 19.0. The number of anilines is 2. The summed E-state index contributed by atoms with van der Waals surface area (Å²) >= 11 is 0. The number of fused-ring (bicyclic) bond motifs is 1. The number of benzene rings is 1. The van der Waals surface area contributed by atoms with E-state index >= 15 is 0 Å². The number of carbonyl (C=O) groups is 2. The van der Waals surface area contributed by atoms with E-state index in [1.165, 1.54) is 0 Å². The minimum atomic E-state index is -1.07. The van der Waals surface area contributed by atoms with Gasteiger partial charge in [-0.3, -0.25) is 14.7 Å². The molecule has 1 aliphatic rings. The van der Waals surface area contributed by atoms with E-state index < -0.39 is 11.7 Å². The summed E-state index contributed by atoms with van der Waals surface area (Å²) in [5.74, 6) is -1.60. The van der Waals surface area contributed by atoms with Gasteiger partial charge < -0.3 is 15.5 Å². The van der Waals surface area contributed by atoms with Crippen LogP contribution in [-0.4, -0.2) is 60.6 Å². The molecule has 178 valence electrons. The molecule has 3 N–H and O–H groups in total. The van der Waals surface area contributed by atoms with E-state index in [0.717, 1.165) is 28.8 Å². The van der Waals surface area contributed by atoms with Crippen LogP contribution in [0.4, 0.5) is 16.0 Å². The van der Waals surface area contributed by atoms with Crippen LogP contribution in [0.1, 0.15) is 22.3 Å². The number of likely N-dealkylation sites (tertiary alicyclic amines) is 1. The Labute approximate surface area is 199 Å². The van der Waals surface area contributed by atoms with Crippen LogP contribution in [0.15, 0.2) is 61.3 Å². The quantitative estimate of drug-likeness (QED) is 0.369. The average molecular weight is 475 g/mol. The Bertz CT molecular complexity index is 1410. The van der Waals surface area contributed by atoms with Gasteiger partial charge in [0.2, 0.25) is 5.95 Å². The molecule has 10 nitrogen and oxygen atoms in total. The van der Waals surface area contributed by atoms with Crippen molar-refractivity contribution in [2.75, 3.05) is 23.7 Å². The predicted molar refractivity (Wildman–Crippen MR) is 129 cm³/mol. The molecule has 0 unspecified atom stereocenters. The third-order valence-electron chi connectivity index (χ3n) is 6.01. The summed E-state index contributed by atoms with van der Waals surface area (Å²) in [5, 5.41) is 17.1. The molecule has 0 saturated carbocycles. The molecule has 0 radical (unpaired) electrons. The number of aromatic amines is 1. The van der Waals surface area contributed by atoms with Crippen molar-refractivity contribution in [1.29, 1.82) is 0 Å². The Morgan fingerprint density at radius 1 is 1.23 bits per heavy atom. The molecule has 0 bridgehead atoms. The molecule has 1 fully saturated rings.